The fraction of sp³-hybridized carbons (Fsp3) is 0.938. The zero-order valence-corrected chi connectivity index (χ0v) is 12.9. The Hall–Kier alpha value is -0.810. The Balaban J connectivity index is 1.41. The molecule has 2 bridgehead atoms. The second-order valence-electron chi connectivity index (χ2n) is 7.29. The summed E-state index contributed by atoms with van der Waals surface area (Å²) in [5.41, 5.74) is -0.800. The Bertz CT molecular complexity index is 382. The van der Waals surface area contributed by atoms with Gasteiger partial charge in [0, 0.05) is 38.6 Å². The van der Waals surface area contributed by atoms with Gasteiger partial charge in [0.25, 0.3) is 0 Å². The lowest BCUT2D eigenvalue weighted by molar-refractivity contribution is -0.0601. The minimum Gasteiger partial charge on any atom is -0.388 e. The Morgan fingerprint density at radius 1 is 1.33 bits per heavy atom. The van der Waals surface area contributed by atoms with E-state index in [1.165, 1.54) is 25.7 Å². The van der Waals surface area contributed by atoms with Gasteiger partial charge in [-0.25, -0.2) is 4.79 Å². The molecule has 2 aliphatic carbocycles. The zero-order chi connectivity index (χ0) is 14.9. The number of hydrogen-bond donors (Lipinski definition) is 3. The van der Waals surface area contributed by atoms with E-state index >= 15 is 0 Å². The summed E-state index contributed by atoms with van der Waals surface area (Å²) in [6.45, 7) is 3.57. The number of ether oxygens (including phenoxy) is 1. The van der Waals surface area contributed by atoms with Gasteiger partial charge >= 0.3 is 6.03 Å². The van der Waals surface area contributed by atoms with Crippen LogP contribution in [-0.4, -0.2) is 42.5 Å². The quantitative estimate of drug-likeness (QED) is 0.739. The molecule has 3 N–H and O–H groups in total. The molecule has 4 atom stereocenters. The molecule has 0 aromatic heterocycles. The maximum Gasteiger partial charge on any atom is 0.315 e. The van der Waals surface area contributed by atoms with Crippen molar-refractivity contribution in [3.63, 3.8) is 0 Å². The highest BCUT2D eigenvalue weighted by molar-refractivity contribution is 5.74. The van der Waals surface area contributed by atoms with Crippen molar-refractivity contribution >= 4 is 6.03 Å². The van der Waals surface area contributed by atoms with Crippen molar-refractivity contribution in [3.05, 3.63) is 0 Å². The number of fused-ring (bicyclic) bond motifs is 2. The summed E-state index contributed by atoms with van der Waals surface area (Å²) in [5, 5.41) is 16.2. The molecule has 2 saturated carbocycles. The van der Waals surface area contributed by atoms with Crippen LogP contribution >= 0.6 is 0 Å². The Morgan fingerprint density at radius 3 is 2.71 bits per heavy atom. The van der Waals surface area contributed by atoms with Gasteiger partial charge < -0.3 is 20.5 Å². The third kappa shape index (κ3) is 3.51. The highest BCUT2D eigenvalue weighted by Gasteiger charge is 2.42. The molecule has 0 aromatic carbocycles. The number of rotatable bonds is 4. The normalized spacial score (nSPS) is 35.4. The minimum absolute atomic E-state index is 0.148. The molecule has 120 valence electrons. The molecule has 5 nitrogen and oxygen atoms in total. The van der Waals surface area contributed by atoms with Crippen LogP contribution in [0.1, 0.15) is 45.4 Å². The molecule has 1 saturated heterocycles. The summed E-state index contributed by atoms with van der Waals surface area (Å²) in [6, 6.07) is 0.0785. The van der Waals surface area contributed by atoms with E-state index in [4.69, 9.17) is 4.74 Å². The fourth-order valence-corrected chi connectivity index (χ4v) is 4.44. The molecule has 0 aromatic rings. The summed E-state index contributed by atoms with van der Waals surface area (Å²) in [4.78, 5) is 12.0. The van der Waals surface area contributed by atoms with E-state index in [0.717, 1.165) is 11.8 Å². The van der Waals surface area contributed by atoms with Crippen molar-refractivity contribution in [1.82, 2.24) is 10.6 Å². The number of nitrogens with one attached hydrogen (secondary N) is 2. The summed E-state index contributed by atoms with van der Waals surface area (Å²) >= 11 is 0. The smallest absolute Gasteiger partial charge is 0.315 e. The number of amides is 2. The molecule has 21 heavy (non-hydrogen) atoms. The van der Waals surface area contributed by atoms with Crippen LogP contribution in [0.5, 0.6) is 0 Å². The number of carbonyl (C=O) groups is 1. The van der Waals surface area contributed by atoms with Gasteiger partial charge in [0.15, 0.2) is 0 Å². The van der Waals surface area contributed by atoms with Crippen LogP contribution in [0, 0.1) is 17.8 Å². The lowest BCUT2D eigenvalue weighted by Gasteiger charge is -2.33. The standard InChI is InChI=1S/C16H28N2O3/c1-11(14-9-12-2-3-13(14)8-12)18-15(19)17-10-16(20)4-6-21-7-5-16/h11-14,20H,2-10H2,1H3,(H2,17,18,19). The Morgan fingerprint density at radius 2 is 2.10 bits per heavy atom. The largest absolute Gasteiger partial charge is 0.388 e. The predicted molar refractivity (Wildman–Crippen MR) is 79.9 cm³/mol. The van der Waals surface area contributed by atoms with Crippen LogP contribution < -0.4 is 10.6 Å². The molecule has 1 aliphatic heterocycles. The molecule has 3 fully saturated rings. The molecular weight excluding hydrogens is 268 g/mol. The minimum atomic E-state index is -0.800. The van der Waals surface area contributed by atoms with Crippen LogP contribution in [0.15, 0.2) is 0 Å². The molecule has 2 amide bonds. The maximum atomic E-state index is 12.0. The monoisotopic (exact) mass is 296 g/mol. The van der Waals surface area contributed by atoms with Gasteiger partial charge in [0.1, 0.15) is 0 Å². The highest BCUT2D eigenvalue weighted by Crippen LogP contribution is 2.49. The Kier molecular flexibility index (Phi) is 4.41. The number of urea groups is 1. The summed E-state index contributed by atoms with van der Waals surface area (Å²) in [6.07, 6.45) is 6.54. The number of aliphatic hydroxyl groups is 1. The topological polar surface area (TPSA) is 70.6 Å². The van der Waals surface area contributed by atoms with Gasteiger partial charge in [-0.3, -0.25) is 0 Å². The molecule has 4 unspecified atom stereocenters. The second-order valence-corrected chi connectivity index (χ2v) is 7.29. The van der Waals surface area contributed by atoms with Crippen molar-refractivity contribution in [2.45, 2.75) is 57.1 Å². The van der Waals surface area contributed by atoms with Gasteiger partial charge in [0.2, 0.25) is 0 Å². The molecule has 5 heteroatoms. The van der Waals surface area contributed by atoms with Gasteiger partial charge in [-0.15, -0.1) is 0 Å². The summed E-state index contributed by atoms with van der Waals surface area (Å²) in [7, 11) is 0. The summed E-state index contributed by atoms with van der Waals surface area (Å²) < 4.78 is 5.24. The molecule has 0 spiro atoms. The van der Waals surface area contributed by atoms with Crippen LogP contribution in [0.4, 0.5) is 4.79 Å². The maximum absolute atomic E-state index is 12.0. The van der Waals surface area contributed by atoms with E-state index in [2.05, 4.69) is 17.6 Å². The Labute approximate surface area is 126 Å². The molecular formula is C16H28N2O3. The van der Waals surface area contributed by atoms with E-state index in [-0.39, 0.29) is 12.1 Å². The first-order chi connectivity index (χ1) is 10.1. The van der Waals surface area contributed by atoms with Gasteiger partial charge in [0.05, 0.1) is 5.60 Å². The molecule has 3 rings (SSSR count). The number of carbonyl (C=O) groups excluding carboxylic acids is 1. The van der Waals surface area contributed by atoms with Crippen LogP contribution in [0.2, 0.25) is 0 Å². The first-order valence-corrected chi connectivity index (χ1v) is 8.40. The molecule has 1 heterocycles. The summed E-state index contributed by atoms with van der Waals surface area (Å²) in [5.74, 6) is 2.35. The second kappa shape index (κ2) is 6.13. The fourth-order valence-electron chi connectivity index (χ4n) is 4.44. The van der Waals surface area contributed by atoms with Crippen molar-refractivity contribution < 1.29 is 14.6 Å². The van der Waals surface area contributed by atoms with Crippen molar-refractivity contribution in [1.29, 1.82) is 0 Å². The van der Waals surface area contributed by atoms with Crippen LogP contribution in [-0.2, 0) is 4.74 Å². The van der Waals surface area contributed by atoms with Gasteiger partial charge in [-0.2, -0.15) is 0 Å². The van der Waals surface area contributed by atoms with Crippen molar-refractivity contribution in [3.8, 4) is 0 Å². The lowest BCUT2D eigenvalue weighted by Crippen LogP contribution is -2.51. The van der Waals surface area contributed by atoms with Crippen molar-refractivity contribution in [2.75, 3.05) is 19.8 Å². The zero-order valence-electron chi connectivity index (χ0n) is 12.9. The van der Waals surface area contributed by atoms with Gasteiger partial charge in [-0.1, -0.05) is 6.42 Å². The van der Waals surface area contributed by atoms with E-state index in [1.807, 2.05) is 0 Å². The third-order valence-electron chi connectivity index (χ3n) is 5.80. The van der Waals surface area contributed by atoms with E-state index in [0.29, 0.717) is 38.5 Å². The predicted octanol–water partition coefficient (Wildman–Crippen LogP) is 1.65. The van der Waals surface area contributed by atoms with E-state index in [9.17, 15) is 9.90 Å². The third-order valence-corrected chi connectivity index (χ3v) is 5.80. The average Bonchev–Trinajstić information content (AvgIpc) is 3.09. The van der Waals surface area contributed by atoms with Gasteiger partial charge in [-0.05, 0) is 43.9 Å². The SMILES string of the molecule is CC(NC(=O)NCC1(O)CCOCC1)C1CC2CCC1C2. The van der Waals surface area contributed by atoms with Crippen LogP contribution in [0.3, 0.4) is 0 Å². The number of hydrogen-bond acceptors (Lipinski definition) is 3. The van der Waals surface area contributed by atoms with E-state index < -0.39 is 5.60 Å². The van der Waals surface area contributed by atoms with Crippen LogP contribution in [0.25, 0.3) is 0 Å². The average molecular weight is 296 g/mol. The first-order valence-electron chi connectivity index (χ1n) is 8.40. The molecule has 0 radical (unpaired) electrons. The lowest BCUT2D eigenvalue weighted by atomic mass is 9.84. The highest BCUT2D eigenvalue weighted by atomic mass is 16.5. The first kappa shape index (κ1) is 15.1. The van der Waals surface area contributed by atoms with E-state index in [1.54, 1.807) is 0 Å². The molecule has 3 aliphatic rings. The van der Waals surface area contributed by atoms with Crippen molar-refractivity contribution in [2.24, 2.45) is 17.8 Å².